The topological polar surface area (TPSA) is 46.6 Å². The molecule has 0 saturated carbocycles. The number of fused-ring (bicyclic) bond motifs is 1. The summed E-state index contributed by atoms with van der Waals surface area (Å²) in [5, 5.41) is 2.06. The molecule has 0 saturated heterocycles. The third kappa shape index (κ3) is 2.43. The zero-order valence-electron chi connectivity index (χ0n) is 12.6. The van der Waals surface area contributed by atoms with Crippen LogP contribution in [-0.4, -0.2) is 23.0 Å². The Morgan fingerprint density at radius 2 is 2.14 bits per heavy atom. The molecular weight excluding hydrogens is 280 g/mol. The summed E-state index contributed by atoms with van der Waals surface area (Å²) >= 11 is 1.65. The molecule has 0 spiro atoms. The molecule has 0 aliphatic carbocycles. The smallest absolute Gasteiger partial charge is 0.195 e. The molecule has 0 radical (unpaired) electrons. The van der Waals surface area contributed by atoms with Crippen molar-refractivity contribution < 1.29 is 0 Å². The highest BCUT2D eigenvalue weighted by Gasteiger charge is 2.18. The number of benzene rings is 1. The van der Waals surface area contributed by atoms with Crippen LogP contribution in [0.3, 0.4) is 0 Å². The van der Waals surface area contributed by atoms with Crippen LogP contribution in [-0.2, 0) is 6.42 Å². The Morgan fingerprint density at radius 3 is 2.86 bits per heavy atom. The van der Waals surface area contributed by atoms with Gasteiger partial charge < -0.3 is 10.6 Å². The molecule has 3 aromatic rings. The fraction of sp³-hybridized carbons (Fsp3) is 0.312. The molecule has 2 N–H and O–H groups in total. The van der Waals surface area contributed by atoms with Gasteiger partial charge in [0.2, 0.25) is 0 Å². The van der Waals surface area contributed by atoms with Crippen LogP contribution in [0.15, 0.2) is 29.8 Å². The summed E-state index contributed by atoms with van der Waals surface area (Å²) in [6, 6.07) is 6.50. The van der Waals surface area contributed by atoms with Crippen molar-refractivity contribution >= 4 is 27.8 Å². The number of rotatable bonds is 4. The van der Waals surface area contributed by atoms with Gasteiger partial charge in [0.25, 0.3) is 0 Å². The lowest BCUT2D eigenvalue weighted by atomic mass is 10.1. The van der Waals surface area contributed by atoms with E-state index >= 15 is 0 Å². The summed E-state index contributed by atoms with van der Waals surface area (Å²) in [6.07, 6.45) is 2.89. The van der Waals surface area contributed by atoms with Crippen LogP contribution >= 0.6 is 11.3 Å². The van der Waals surface area contributed by atoms with Gasteiger partial charge in [-0.05, 0) is 32.0 Å². The number of aromatic nitrogens is 2. The molecule has 0 atom stereocenters. The lowest BCUT2D eigenvalue weighted by molar-refractivity contribution is 0.902. The summed E-state index contributed by atoms with van der Waals surface area (Å²) in [5.74, 6) is 0.999. The minimum Gasteiger partial charge on any atom is -0.330 e. The summed E-state index contributed by atoms with van der Waals surface area (Å²) in [5.41, 5.74) is 10.7. The second-order valence-electron chi connectivity index (χ2n) is 5.33. The van der Waals surface area contributed by atoms with Crippen LogP contribution in [0.2, 0.25) is 0 Å². The van der Waals surface area contributed by atoms with Crippen LogP contribution in [0, 0.1) is 13.8 Å². The average Bonchev–Trinajstić information content (AvgIpc) is 3.01. The number of imidazole rings is 1. The van der Waals surface area contributed by atoms with E-state index in [0.717, 1.165) is 17.2 Å². The molecule has 110 valence electrons. The summed E-state index contributed by atoms with van der Waals surface area (Å²) in [4.78, 5) is 7.97. The Hall–Kier alpha value is -1.85. The van der Waals surface area contributed by atoms with Gasteiger partial charge in [-0.1, -0.05) is 17.7 Å². The molecule has 2 aromatic heterocycles. The standard InChI is InChI=1S/C16H20N4S/c1-11-4-5-13(12(2)10-11)19(3)15-14(6-7-17)20-8-9-21-16(20)18-15/h4-5,8-10H,6-7,17H2,1-3H3. The van der Waals surface area contributed by atoms with E-state index in [9.17, 15) is 0 Å². The number of nitrogens with zero attached hydrogens (tertiary/aromatic N) is 3. The van der Waals surface area contributed by atoms with Crippen LogP contribution < -0.4 is 10.6 Å². The fourth-order valence-electron chi connectivity index (χ4n) is 2.75. The number of thiazole rings is 1. The largest absolute Gasteiger partial charge is 0.330 e. The monoisotopic (exact) mass is 300 g/mol. The fourth-order valence-corrected chi connectivity index (χ4v) is 3.48. The maximum atomic E-state index is 5.78. The minimum atomic E-state index is 0.622. The molecule has 0 aliphatic rings. The number of aryl methyl sites for hydroxylation is 2. The average molecular weight is 300 g/mol. The SMILES string of the molecule is Cc1ccc(N(C)c2nc3sccn3c2CCN)c(C)c1. The van der Waals surface area contributed by atoms with E-state index < -0.39 is 0 Å². The molecule has 0 unspecified atom stereocenters. The van der Waals surface area contributed by atoms with Gasteiger partial charge in [-0.2, -0.15) is 0 Å². The quantitative estimate of drug-likeness (QED) is 0.804. The van der Waals surface area contributed by atoms with E-state index in [2.05, 4.69) is 60.0 Å². The van der Waals surface area contributed by atoms with E-state index in [0.29, 0.717) is 6.54 Å². The van der Waals surface area contributed by atoms with Crippen molar-refractivity contribution in [3.05, 3.63) is 46.6 Å². The molecule has 1 aromatic carbocycles. The summed E-state index contributed by atoms with van der Waals surface area (Å²) < 4.78 is 2.15. The van der Waals surface area contributed by atoms with Gasteiger partial charge in [0, 0.05) is 30.7 Å². The van der Waals surface area contributed by atoms with Gasteiger partial charge in [0.15, 0.2) is 10.8 Å². The first-order chi connectivity index (χ1) is 10.1. The highest BCUT2D eigenvalue weighted by molar-refractivity contribution is 7.15. The number of hydrogen-bond donors (Lipinski definition) is 1. The second-order valence-corrected chi connectivity index (χ2v) is 6.20. The molecule has 0 bridgehead atoms. The van der Waals surface area contributed by atoms with Crippen molar-refractivity contribution in [2.24, 2.45) is 5.73 Å². The molecule has 0 fully saturated rings. The normalized spacial score (nSPS) is 11.2. The Labute approximate surface area is 128 Å². The first-order valence-corrected chi connectivity index (χ1v) is 7.95. The minimum absolute atomic E-state index is 0.622. The van der Waals surface area contributed by atoms with Crippen molar-refractivity contribution in [3.63, 3.8) is 0 Å². The van der Waals surface area contributed by atoms with Crippen molar-refractivity contribution in [3.8, 4) is 0 Å². The zero-order valence-corrected chi connectivity index (χ0v) is 13.4. The van der Waals surface area contributed by atoms with Crippen LogP contribution in [0.4, 0.5) is 11.5 Å². The Morgan fingerprint density at radius 1 is 1.33 bits per heavy atom. The van der Waals surface area contributed by atoms with E-state index in [1.807, 2.05) is 0 Å². The van der Waals surface area contributed by atoms with Crippen LogP contribution in [0.25, 0.3) is 4.96 Å². The van der Waals surface area contributed by atoms with Gasteiger partial charge in [0.1, 0.15) is 0 Å². The number of anilines is 2. The van der Waals surface area contributed by atoms with Gasteiger partial charge in [-0.25, -0.2) is 4.98 Å². The zero-order chi connectivity index (χ0) is 15.0. The van der Waals surface area contributed by atoms with E-state index in [4.69, 9.17) is 10.7 Å². The summed E-state index contributed by atoms with van der Waals surface area (Å²) in [7, 11) is 2.07. The molecule has 5 heteroatoms. The van der Waals surface area contributed by atoms with E-state index in [-0.39, 0.29) is 0 Å². The lowest BCUT2D eigenvalue weighted by Gasteiger charge is -2.21. The third-order valence-electron chi connectivity index (χ3n) is 3.75. The number of nitrogens with two attached hydrogens (primary N) is 1. The molecule has 21 heavy (non-hydrogen) atoms. The third-order valence-corrected chi connectivity index (χ3v) is 4.51. The summed E-state index contributed by atoms with van der Waals surface area (Å²) in [6.45, 7) is 4.88. The molecular formula is C16H20N4S. The maximum Gasteiger partial charge on any atom is 0.195 e. The van der Waals surface area contributed by atoms with Crippen molar-refractivity contribution in [2.45, 2.75) is 20.3 Å². The van der Waals surface area contributed by atoms with Crippen molar-refractivity contribution in [1.29, 1.82) is 0 Å². The highest BCUT2D eigenvalue weighted by atomic mass is 32.1. The van der Waals surface area contributed by atoms with Crippen molar-refractivity contribution in [1.82, 2.24) is 9.38 Å². The Kier molecular flexibility index (Phi) is 3.69. The van der Waals surface area contributed by atoms with Crippen LogP contribution in [0.5, 0.6) is 0 Å². The number of hydrogen-bond acceptors (Lipinski definition) is 4. The van der Waals surface area contributed by atoms with E-state index in [1.54, 1.807) is 11.3 Å². The van der Waals surface area contributed by atoms with Crippen LogP contribution in [0.1, 0.15) is 16.8 Å². The Bertz CT molecular complexity index is 772. The van der Waals surface area contributed by atoms with Gasteiger partial charge in [-0.3, -0.25) is 4.40 Å². The maximum absolute atomic E-state index is 5.78. The van der Waals surface area contributed by atoms with Gasteiger partial charge >= 0.3 is 0 Å². The van der Waals surface area contributed by atoms with E-state index in [1.165, 1.54) is 22.5 Å². The molecule has 2 heterocycles. The van der Waals surface area contributed by atoms with Gasteiger partial charge in [-0.15, -0.1) is 11.3 Å². The Balaban J connectivity index is 2.10. The molecule has 4 nitrogen and oxygen atoms in total. The first kappa shape index (κ1) is 14.1. The van der Waals surface area contributed by atoms with Crippen molar-refractivity contribution in [2.75, 3.05) is 18.5 Å². The lowest BCUT2D eigenvalue weighted by Crippen LogP contribution is -2.15. The molecule has 0 amide bonds. The molecule has 0 aliphatic heterocycles. The predicted molar refractivity (Wildman–Crippen MR) is 89.8 cm³/mol. The van der Waals surface area contributed by atoms with Gasteiger partial charge in [0.05, 0.1) is 5.69 Å². The highest BCUT2D eigenvalue weighted by Crippen LogP contribution is 2.31. The predicted octanol–water partition coefficient (Wildman–Crippen LogP) is 3.28. The first-order valence-electron chi connectivity index (χ1n) is 7.07. The molecule has 3 rings (SSSR count). The second kappa shape index (κ2) is 5.50.